The highest BCUT2D eigenvalue weighted by Gasteiger charge is 2.12. The van der Waals surface area contributed by atoms with Crippen LogP contribution in [0.4, 0.5) is 4.39 Å². The average molecular weight is 421 g/mol. The molecule has 1 amide bonds. The van der Waals surface area contributed by atoms with E-state index in [1.165, 1.54) is 23.9 Å². The van der Waals surface area contributed by atoms with Gasteiger partial charge in [-0.25, -0.2) is 4.39 Å². The molecule has 28 heavy (non-hydrogen) atoms. The quantitative estimate of drug-likeness (QED) is 0.564. The maximum atomic E-state index is 12.9. The molecule has 3 rings (SSSR count). The topological polar surface area (TPSA) is 69.0 Å². The SMILES string of the molecule is Cn1c(COc2ccc(Cl)cc2)nnc1SCC(=O)NCc1ccc(F)cc1. The van der Waals surface area contributed by atoms with Crippen molar-refractivity contribution in [3.8, 4) is 5.75 Å². The summed E-state index contributed by atoms with van der Waals surface area (Å²) in [6.07, 6.45) is 0. The molecule has 0 unspecified atom stereocenters. The summed E-state index contributed by atoms with van der Waals surface area (Å²) in [5.74, 6) is 1.08. The molecule has 0 aliphatic carbocycles. The van der Waals surface area contributed by atoms with E-state index in [1.54, 1.807) is 41.0 Å². The molecule has 9 heteroatoms. The summed E-state index contributed by atoms with van der Waals surface area (Å²) in [5, 5.41) is 12.2. The van der Waals surface area contributed by atoms with E-state index in [2.05, 4.69) is 15.5 Å². The molecule has 1 N–H and O–H groups in total. The summed E-state index contributed by atoms with van der Waals surface area (Å²) in [4.78, 5) is 12.0. The first-order valence-electron chi connectivity index (χ1n) is 8.42. The number of aromatic nitrogens is 3. The van der Waals surface area contributed by atoms with Crippen LogP contribution >= 0.6 is 23.4 Å². The van der Waals surface area contributed by atoms with Gasteiger partial charge in [0, 0.05) is 18.6 Å². The van der Waals surface area contributed by atoms with Gasteiger partial charge in [0.1, 0.15) is 18.2 Å². The first kappa shape index (κ1) is 20.2. The summed E-state index contributed by atoms with van der Waals surface area (Å²) in [5.41, 5.74) is 0.833. The third-order valence-corrected chi connectivity index (χ3v) is 5.11. The van der Waals surface area contributed by atoms with Crippen molar-refractivity contribution < 1.29 is 13.9 Å². The van der Waals surface area contributed by atoms with E-state index in [-0.39, 0.29) is 24.1 Å². The average Bonchev–Trinajstić information content (AvgIpc) is 3.05. The Bertz CT molecular complexity index is 932. The highest BCUT2D eigenvalue weighted by atomic mass is 35.5. The molecule has 0 saturated carbocycles. The van der Waals surface area contributed by atoms with Crippen LogP contribution in [0.1, 0.15) is 11.4 Å². The summed E-state index contributed by atoms with van der Waals surface area (Å²) >= 11 is 7.13. The first-order valence-corrected chi connectivity index (χ1v) is 9.78. The van der Waals surface area contributed by atoms with Crippen LogP contribution in [0.25, 0.3) is 0 Å². The smallest absolute Gasteiger partial charge is 0.230 e. The van der Waals surface area contributed by atoms with Gasteiger partial charge in [0.2, 0.25) is 5.91 Å². The fourth-order valence-corrected chi connectivity index (χ4v) is 3.15. The zero-order valence-electron chi connectivity index (χ0n) is 15.1. The maximum absolute atomic E-state index is 12.9. The minimum Gasteiger partial charge on any atom is -0.486 e. The lowest BCUT2D eigenvalue weighted by Crippen LogP contribution is -2.24. The number of nitrogens with one attached hydrogen (secondary N) is 1. The monoisotopic (exact) mass is 420 g/mol. The van der Waals surface area contributed by atoms with Crippen molar-refractivity contribution in [2.24, 2.45) is 7.05 Å². The van der Waals surface area contributed by atoms with Crippen molar-refractivity contribution in [2.45, 2.75) is 18.3 Å². The number of thioether (sulfide) groups is 1. The lowest BCUT2D eigenvalue weighted by atomic mass is 10.2. The Kier molecular flexibility index (Phi) is 6.89. The van der Waals surface area contributed by atoms with E-state index in [0.29, 0.717) is 28.3 Å². The molecule has 0 aliphatic heterocycles. The van der Waals surface area contributed by atoms with Crippen LogP contribution in [-0.2, 0) is 25.0 Å². The molecule has 2 aromatic carbocycles. The van der Waals surface area contributed by atoms with Crippen LogP contribution in [-0.4, -0.2) is 26.4 Å². The number of carbonyl (C=O) groups excluding carboxylic acids is 1. The summed E-state index contributed by atoms with van der Waals surface area (Å²) in [6.45, 7) is 0.598. The Morgan fingerprint density at radius 1 is 1.18 bits per heavy atom. The second-order valence-corrected chi connectivity index (χ2v) is 7.27. The van der Waals surface area contributed by atoms with Gasteiger partial charge in [-0.3, -0.25) is 4.79 Å². The fraction of sp³-hybridized carbons (Fsp3) is 0.211. The third kappa shape index (κ3) is 5.71. The Labute approximate surface area is 171 Å². The zero-order chi connectivity index (χ0) is 19.9. The molecular formula is C19H18ClFN4O2S. The van der Waals surface area contributed by atoms with Crippen LogP contribution < -0.4 is 10.1 Å². The highest BCUT2D eigenvalue weighted by molar-refractivity contribution is 7.99. The minimum atomic E-state index is -0.302. The van der Waals surface area contributed by atoms with Crippen LogP contribution in [0.5, 0.6) is 5.75 Å². The Hall–Kier alpha value is -2.58. The van der Waals surface area contributed by atoms with Gasteiger partial charge in [-0.15, -0.1) is 10.2 Å². The molecule has 1 aromatic heterocycles. The lowest BCUT2D eigenvalue weighted by molar-refractivity contribution is -0.118. The van der Waals surface area contributed by atoms with E-state index in [0.717, 1.165) is 5.56 Å². The molecule has 0 atom stereocenters. The van der Waals surface area contributed by atoms with E-state index >= 15 is 0 Å². The Balaban J connectivity index is 1.46. The number of halogens is 2. The highest BCUT2D eigenvalue weighted by Crippen LogP contribution is 2.19. The van der Waals surface area contributed by atoms with Gasteiger partial charge in [-0.05, 0) is 42.0 Å². The second kappa shape index (κ2) is 9.57. The molecule has 0 fully saturated rings. The van der Waals surface area contributed by atoms with Crippen molar-refractivity contribution in [1.82, 2.24) is 20.1 Å². The van der Waals surface area contributed by atoms with Crippen molar-refractivity contribution in [3.63, 3.8) is 0 Å². The normalized spacial score (nSPS) is 10.7. The van der Waals surface area contributed by atoms with Gasteiger partial charge in [-0.1, -0.05) is 35.5 Å². The molecular weight excluding hydrogens is 403 g/mol. The van der Waals surface area contributed by atoms with E-state index in [1.807, 2.05) is 7.05 Å². The molecule has 0 spiro atoms. The first-order chi connectivity index (χ1) is 13.5. The van der Waals surface area contributed by atoms with Crippen LogP contribution in [0, 0.1) is 5.82 Å². The van der Waals surface area contributed by atoms with Crippen molar-refractivity contribution in [1.29, 1.82) is 0 Å². The van der Waals surface area contributed by atoms with Gasteiger partial charge in [0.15, 0.2) is 11.0 Å². The number of nitrogens with zero attached hydrogens (tertiary/aromatic N) is 3. The summed E-state index contributed by atoms with van der Waals surface area (Å²) in [6, 6.07) is 13.1. The number of rotatable bonds is 8. The molecule has 0 saturated heterocycles. The van der Waals surface area contributed by atoms with Gasteiger partial charge in [-0.2, -0.15) is 0 Å². The zero-order valence-corrected chi connectivity index (χ0v) is 16.6. The molecule has 3 aromatic rings. The molecule has 0 bridgehead atoms. The predicted octanol–water partition coefficient (Wildman–Crippen LogP) is 3.60. The number of amides is 1. The molecule has 0 aliphatic rings. The Morgan fingerprint density at radius 2 is 1.89 bits per heavy atom. The maximum Gasteiger partial charge on any atom is 0.230 e. The van der Waals surface area contributed by atoms with Crippen LogP contribution in [0.3, 0.4) is 0 Å². The molecule has 1 heterocycles. The second-order valence-electron chi connectivity index (χ2n) is 5.89. The van der Waals surface area contributed by atoms with Gasteiger partial charge >= 0.3 is 0 Å². The number of ether oxygens (including phenoxy) is 1. The Morgan fingerprint density at radius 3 is 2.61 bits per heavy atom. The molecule has 6 nitrogen and oxygen atoms in total. The van der Waals surface area contributed by atoms with E-state index < -0.39 is 0 Å². The van der Waals surface area contributed by atoms with Gasteiger partial charge in [0.05, 0.1) is 5.75 Å². The van der Waals surface area contributed by atoms with E-state index in [4.69, 9.17) is 16.3 Å². The third-order valence-electron chi connectivity index (χ3n) is 3.84. The summed E-state index contributed by atoms with van der Waals surface area (Å²) < 4.78 is 20.3. The van der Waals surface area contributed by atoms with Crippen molar-refractivity contribution in [3.05, 3.63) is 70.8 Å². The largest absolute Gasteiger partial charge is 0.486 e. The van der Waals surface area contributed by atoms with Crippen molar-refractivity contribution >= 4 is 29.3 Å². The lowest BCUT2D eigenvalue weighted by Gasteiger charge is -2.07. The van der Waals surface area contributed by atoms with Crippen LogP contribution in [0.2, 0.25) is 5.02 Å². The fourth-order valence-electron chi connectivity index (χ4n) is 2.26. The van der Waals surface area contributed by atoms with Gasteiger partial charge in [0.25, 0.3) is 0 Å². The van der Waals surface area contributed by atoms with Crippen LogP contribution in [0.15, 0.2) is 53.7 Å². The number of hydrogen-bond donors (Lipinski definition) is 1. The predicted molar refractivity (Wildman–Crippen MR) is 106 cm³/mol. The number of carbonyl (C=O) groups is 1. The van der Waals surface area contributed by atoms with Crippen molar-refractivity contribution in [2.75, 3.05) is 5.75 Å². The number of benzene rings is 2. The number of hydrogen-bond acceptors (Lipinski definition) is 5. The molecule has 0 radical (unpaired) electrons. The molecule has 146 valence electrons. The minimum absolute atomic E-state index is 0.142. The van der Waals surface area contributed by atoms with Gasteiger partial charge < -0.3 is 14.6 Å². The standard InChI is InChI=1S/C19H18ClFN4O2S/c1-25-17(11-27-16-8-4-14(20)5-9-16)23-24-19(25)28-12-18(26)22-10-13-2-6-15(21)7-3-13/h2-9H,10-12H2,1H3,(H,22,26). The van der Waals surface area contributed by atoms with E-state index in [9.17, 15) is 9.18 Å². The summed E-state index contributed by atoms with van der Waals surface area (Å²) in [7, 11) is 1.82.